The molecule has 1 nitrogen and oxygen atoms in total. The normalized spacial score (nSPS) is 19.3. The van der Waals surface area contributed by atoms with E-state index in [0.29, 0.717) is 11.5 Å². The Labute approximate surface area is 159 Å². The molecule has 0 atom stereocenters. The topological polar surface area (TPSA) is 23.8 Å². The van der Waals surface area contributed by atoms with Gasteiger partial charge in [-0.15, -0.1) is 0 Å². The zero-order valence-corrected chi connectivity index (χ0v) is 16.0. The van der Waals surface area contributed by atoms with Crippen molar-refractivity contribution in [2.75, 3.05) is 0 Å². The Morgan fingerprint density at radius 3 is 2.46 bits per heavy atom. The lowest BCUT2D eigenvalue weighted by atomic mass is 9.79. The van der Waals surface area contributed by atoms with Crippen molar-refractivity contribution in [1.29, 1.82) is 5.26 Å². The zero-order chi connectivity index (χ0) is 18.5. The molecule has 132 valence electrons. The first-order valence-electron chi connectivity index (χ1n) is 9.05. The van der Waals surface area contributed by atoms with Crippen molar-refractivity contribution in [3.8, 4) is 17.2 Å². The van der Waals surface area contributed by atoms with Crippen LogP contribution in [0, 0.1) is 41.2 Å². The molecule has 26 heavy (non-hydrogen) atoms. The van der Waals surface area contributed by atoms with Gasteiger partial charge < -0.3 is 0 Å². The van der Waals surface area contributed by atoms with Gasteiger partial charge in [-0.2, -0.15) is 5.26 Å². The SMILES string of the molecule is Cc1cc(C#Cc2ccc(C3CCC(C)CC3)cc2F)ccc1SC#N. The standard InChI is InChI=1S/C23H22FNS/c1-16-3-7-19(8-4-16)21-11-10-20(22(24)14-21)9-5-18-6-12-23(26-15-25)17(2)13-18/h6,10-14,16,19H,3-4,7-8H2,1-2H3. The van der Waals surface area contributed by atoms with E-state index in [-0.39, 0.29) is 5.82 Å². The molecule has 2 aromatic rings. The fourth-order valence-corrected chi connectivity index (χ4v) is 3.96. The van der Waals surface area contributed by atoms with Gasteiger partial charge in [0, 0.05) is 10.5 Å². The number of nitriles is 1. The van der Waals surface area contributed by atoms with E-state index in [0.717, 1.165) is 52.1 Å². The van der Waals surface area contributed by atoms with Crippen LogP contribution in [-0.4, -0.2) is 0 Å². The third kappa shape index (κ3) is 4.48. The first-order valence-corrected chi connectivity index (χ1v) is 9.86. The molecule has 0 saturated heterocycles. The number of benzene rings is 2. The Hall–Kier alpha value is -2.23. The lowest BCUT2D eigenvalue weighted by Gasteiger charge is -2.26. The van der Waals surface area contributed by atoms with E-state index in [1.165, 1.54) is 12.8 Å². The Balaban J connectivity index is 1.76. The summed E-state index contributed by atoms with van der Waals surface area (Å²) in [7, 11) is 0. The van der Waals surface area contributed by atoms with Crippen LogP contribution in [0.5, 0.6) is 0 Å². The average molecular weight is 364 g/mol. The molecule has 3 rings (SSSR count). The van der Waals surface area contributed by atoms with Crippen LogP contribution in [0.3, 0.4) is 0 Å². The Bertz CT molecular complexity index is 893. The molecule has 1 fully saturated rings. The lowest BCUT2D eigenvalue weighted by Crippen LogP contribution is -2.11. The first-order chi connectivity index (χ1) is 12.6. The number of hydrogen-bond acceptors (Lipinski definition) is 2. The van der Waals surface area contributed by atoms with Gasteiger partial charge in [0.2, 0.25) is 0 Å². The van der Waals surface area contributed by atoms with Crippen LogP contribution >= 0.6 is 11.8 Å². The second-order valence-corrected chi connectivity index (χ2v) is 7.95. The van der Waals surface area contributed by atoms with Gasteiger partial charge in [-0.3, -0.25) is 0 Å². The molecule has 0 aliphatic heterocycles. The number of rotatable bonds is 2. The van der Waals surface area contributed by atoms with Gasteiger partial charge in [0.15, 0.2) is 0 Å². The smallest absolute Gasteiger partial charge is 0.139 e. The molecule has 0 bridgehead atoms. The molecule has 0 unspecified atom stereocenters. The van der Waals surface area contributed by atoms with Gasteiger partial charge in [0.25, 0.3) is 0 Å². The van der Waals surface area contributed by atoms with Crippen molar-refractivity contribution < 1.29 is 4.39 Å². The van der Waals surface area contributed by atoms with Crippen molar-refractivity contribution in [2.24, 2.45) is 5.92 Å². The van der Waals surface area contributed by atoms with Crippen LogP contribution in [0.25, 0.3) is 0 Å². The molecule has 0 radical (unpaired) electrons. The minimum absolute atomic E-state index is 0.234. The number of thioether (sulfide) groups is 1. The maximum atomic E-state index is 14.5. The summed E-state index contributed by atoms with van der Waals surface area (Å²) in [5.41, 5.74) is 3.37. The molecule has 0 amide bonds. The van der Waals surface area contributed by atoms with Crippen LogP contribution < -0.4 is 0 Å². The molecule has 1 saturated carbocycles. The van der Waals surface area contributed by atoms with Gasteiger partial charge >= 0.3 is 0 Å². The summed E-state index contributed by atoms with van der Waals surface area (Å²) in [6, 6.07) is 11.2. The number of hydrogen-bond donors (Lipinski definition) is 0. The maximum Gasteiger partial charge on any atom is 0.139 e. The van der Waals surface area contributed by atoms with E-state index in [9.17, 15) is 4.39 Å². The van der Waals surface area contributed by atoms with E-state index >= 15 is 0 Å². The molecular weight excluding hydrogens is 341 g/mol. The molecular formula is C23H22FNS. The van der Waals surface area contributed by atoms with E-state index in [2.05, 4.69) is 24.2 Å². The molecule has 0 aromatic heterocycles. The maximum absolute atomic E-state index is 14.5. The number of halogens is 1. The van der Waals surface area contributed by atoms with Crippen molar-refractivity contribution >= 4 is 11.8 Å². The zero-order valence-electron chi connectivity index (χ0n) is 15.2. The molecule has 0 heterocycles. The molecule has 3 heteroatoms. The van der Waals surface area contributed by atoms with Crippen molar-refractivity contribution in [3.05, 3.63) is 64.5 Å². The third-order valence-electron chi connectivity index (χ3n) is 5.15. The highest BCUT2D eigenvalue weighted by Gasteiger charge is 2.20. The third-order valence-corrected chi connectivity index (χ3v) is 5.92. The van der Waals surface area contributed by atoms with Gasteiger partial charge in [-0.05, 0) is 84.8 Å². The van der Waals surface area contributed by atoms with Crippen LogP contribution in [0.4, 0.5) is 4.39 Å². The van der Waals surface area contributed by atoms with Crippen LogP contribution in [0.2, 0.25) is 0 Å². The quantitative estimate of drug-likeness (QED) is 0.350. The largest absolute Gasteiger partial charge is 0.206 e. The fraction of sp³-hybridized carbons (Fsp3) is 0.348. The highest BCUT2D eigenvalue weighted by Crippen LogP contribution is 2.35. The van der Waals surface area contributed by atoms with E-state index in [1.54, 1.807) is 6.07 Å². The van der Waals surface area contributed by atoms with Gasteiger partial charge in [0.05, 0.1) is 5.56 Å². The molecule has 1 aliphatic carbocycles. The predicted molar refractivity (Wildman–Crippen MR) is 105 cm³/mol. The van der Waals surface area contributed by atoms with Gasteiger partial charge in [-0.25, -0.2) is 4.39 Å². The van der Waals surface area contributed by atoms with Crippen LogP contribution in [-0.2, 0) is 0 Å². The molecule has 0 spiro atoms. The second kappa shape index (κ2) is 8.43. The summed E-state index contributed by atoms with van der Waals surface area (Å²) < 4.78 is 14.5. The second-order valence-electron chi connectivity index (χ2n) is 7.12. The Kier molecular flexibility index (Phi) is 6.02. The fourth-order valence-electron chi connectivity index (χ4n) is 3.51. The summed E-state index contributed by atoms with van der Waals surface area (Å²) in [4.78, 5) is 0.926. The number of nitrogens with zero attached hydrogens (tertiary/aromatic N) is 1. The van der Waals surface area contributed by atoms with Crippen molar-refractivity contribution in [2.45, 2.75) is 50.3 Å². The summed E-state index contributed by atoms with van der Waals surface area (Å²) in [5, 5.41) is 10.8. The Morgan fingerprint density at radius 1 is 1.04 bits per heavy atom. The van der Waals surface area contributed by atoms with E-state index in [4.69, 9.17) is 5.26 Å². The lowest BCUT2D eigenvalue weighted by molar-refractivity contribution is 0.347. The van der Waals surface area contributed by atoms with Crippen molar-refractivity contribution in [1.82, 2.24) is 0 Å². The van der Waals surface area contributed by atoms with Crippen molar-refractivity contribution in [3.63, 3.8) is 0 Å². The van der Waals surface area contributed by atoms with Gasteiger partial charge in [0.1, 0.15) is 11.2 Å². The molecule has 2 aromatic carbocycles. The predicted octanol–water partition coefficient (Wildman–Crippen LogP) is 6.40. The number of aryl methyl sites for hydroxylation is 1. The van der Waals surface area contributed by atoms with Crippen LogP contribution in [0.1, 0.15) is 60.8 Å². The summed E-state index contributed by atoms with van der Waals surface area (Å²) >= 11 is 1.14. The van der Waals surface area contributed by atoms with Crippen LogP contribution in [0.15, 0.2) is 41.3 Å². The molecule has 1 aliphatic rings. The van der Waals surface area contributed by atoms with E-state index in [1.807, 2.05) is 37.3 Å². The highest BCUT2D eigenvalue weighted by atomic mass is 32.2. The molecule has 0 N–H and O–H groups in total. The summed E-state index contributed by atoms with van der Waals surface area (Å²) in [6.07, 6.45) is 4.76. The van der Waals surface area contributed by atoms with Gasteiger partial charge in [-0.1, -0.05) is 37.7 Å². The summed E-state index contributed by atoms with van der Waals surface area (Å²) in [6.45, 7) is 4.24. The highest BCUT2D eigenvalue weighted by molar-refractivity contribution is 8.03. The monoisotopic (exact) mass is 363 g/mol. The minimum atomic E-state index is -0.234. The van der Waals surface area contributed by atoms with E-state index < -0.39 is 0 Å². The minimum Gasteiger partial charge on any atom is -0.206 e. The summed E-state index contributed by atoms with van der Waals surface area (Å²) in [5.74, 6) is 7.02. The first kappa shape index (κ1) is 18.6. The average Bonchev–Trinajstić information content (AvgIpc) is 2.63. The number of thiocyanates is 1. The Morgan fingerprint density at radius 2 is 1.81 bits per heavy atom.